The largest absolute Gasteiger partial charge is 0.381 e. The number of nitrogens with one attached hydrogen (secondary N) is 1. The van der Waals surface area contributed by atoms with Gasteiger partial charge in [-0.1, -0.05) is 18.5 Å². The SMILES string of the molecule is CCN1CCC(O)(c2ncc(-c3c(Cl)cnc4[nH]c(-c5cnn(C)c5)cc34)s2)C1. The molecule has 1 aliphatic heterocycles. The lowest BCUT2D eigenvalue weighted by molar-refractivity contribution is 0.0465. The van der Waals surface area contributed by atoms with Crippen LogP contribution in [-0.2, 0) is 12.6 Å². The van der Waals surface area contributed by atoms with Crippen LogP contribution in [0.5, 0.6) is 0 Å². The second-order valence-electron chi connectivity index (χ2n) is 7.51. The fraction of sp³-hybridized carbons (Fsp3) is 0.350. The standard InChI is InChI=1S/C20H21ClN6OS/c1-3-27-5-4-20(28,11-27)19-23-9-16(29-19)17-13-6-15(12-7-24-26(2)10-12)25-18(13)22-8-14(17)21/h6-10,28H,3-5,11H2,1-2H3,(H,22,25). The van der Waals surface area contributed by atoms with Gasteiger partial charge in [0.05, 0.1) is 21.8 Å². The Hall–Kier alpha value is -2.26. The van der Waals surface area contributed by atoms with Gasteiger partial charge in [-0.2, -0.15) is 5.10 Å². The molecule has 7 nitrogen and oxygen atoms in total. The van der Waals surface area contributed by atoms with Gasteiger partial charge in [-0.3, -0.25) is 4.68 Å². The normalized spacial score (nSPS) is 20.1. The van der Waals surface area contributed by atoms with Gasteiger partial charge in [-0.15, -0.1) is 11.3 Å². The first-order valence-electron chi connectivity index (χ1n) is 9.54. The quantitative estimate of drug-likeness (QED) is 0.518. The number of halogens is 1. The van der Waals surface area contributed by atoms with Crippen LogP contribution in [0.3, 0.4) is 0 Å². The minimum atomic E-state index is -0.892. The van der Waals surface area contributed by atoms with E-state index in [0.29, 0.717) is 18.0 Å². The summed E-state index contributed by atoms with van der Waals surface area (Å²) in [5, 5.41) is 17.6. The van der Waals surface area contributed by atoms with Crippen molar-refractivity contribution in [1.82, 2.24) is 29.6 Å². The number of fused-ring (bicyclic) bond motifs is 1. The summed E-state index contributed by atoms with van der Waals surface area (Å²) in [6, 6.07) is 2.04. The summed E-state index contributed by atoms with van der Waals surface area (Å²) in [6.07, 6.45) is 7.93. The number of aliphatic hydroxyl groups is 1. The Morgan fingerprint density at radius 3 is 2.90 bits per heavy atom. The molecule has 9 heteroatoms. The monoisotopic (exact) mass is 428 g/mol. The van der Waals surface area contributed by atoms with Crippen molar-refractivity contribution in [2.24, 2.45) is 7.05 Å². The zero-order chi connectivity index (χ0) is 20.2. The van der Waals surface area contributed by atoms with Crippen molar-refractivity contribution < 1.29 is 5.11 Å². The minimum absolute atomic E-state index is 0.568. The molecule has 5 rings (SSSR count). The van der Waals surface area contributed by atoms with E-state index in [-0.39, 0.29) is 0 Å². The molecule has 0 spiro atoms. The maximum atomic E-state index is 11.1. The highest BCUT2D eigenvalue weighted by Crippen LogP contribution is 2.42. The van der Waals surface area contributed by atoms with Gasteiger partial charge in [0.25, 0.3) is 0 Å². The van der Waals surface area contributed by atoms with Crippen LogP contribution < -0.4 is 0 Å². The Kier molecular flexibility index (Phi) is 4.47. The molecule has 5 heterocycles. The average molecular weight is 429 g/mol. The highest BCUT2D eigenvalue weighted by Gasteiger charge is 2.39. The molecule has 150 valence electrons. The molecule has 1 atom stereocenters. The number of aromatic amines is 1. The van der Waals surface area contributed by atoms with Gasteiger partial charge >= 0.3 is 0 Å². The van der Waals surface area contributed by atoms with Crippen LogP contribution in [0.1, 0.15) is 18.4 Å². The molecule has 0 aliphatic carbocycles. The lowest BCUT2D eigenvalue weighted by Gasteiger charge is -2.20. The molecular formula is C20H21ClN6OS. The van der Waals surface area contributed by atoms with Gasteiger partial charge in [0.2, 0.25) is 0 Å². The van der Waals surface area contributed by atoms with Gasteiger partial charge in [0.1, 0.15) is 16.3 Å². The summed E-state index contributed by atoms with van der Waals surface area (Å²) >= 11 is 8.06. The molecule has 0 bridgehead atoms. The first-order chi connectivity index (χ1) is 14.0. The number of aromatic nitrogens is 5. The molecule has 1 unspecified atom stereocenters. The smallest absolute Gasteiger partial charge is 0.138 e. The van der Waals surface area contributed by atoms with Crippen LogP contribution in [0.4, 0.5) is 0 Å². The Morgan fingerprint density at radius 1 is 1.31 bits per heavy atom. The van der Waals surface area contributed by atoms with Crippen LogP contribution in [-0.4, -0.2) is 54.4 Å². The predicted octanol–water partition coefficient (Wildman–Crippen LogP) is 3.65. The fourth-order valence-corrected chi connectivity index (χ4v) is 5.34. The second-order valence-corrected chi connectivity index (χ2v) is 8.95. The second kappa shape index (κ2) is 6.91. The third-order valence-corrected chi connectivity index (χ3v) is 7.05. The van der Waals surface area contributed by atoms with Crippen molar-refractivity contribution in [2.45, 2.75) is 18.9 Å². The molecule has 4 aromatic heterocycles. The van der Waals surface area contributed by atoms with Crippen LogP contribution in [0.15, 0.2) is 30.9 Å². The summed E-state index contributed by atoms with van der Waals surface area (Å²) in [5.74, 6) is 0. The fourth-order valence-electron chi connectivity index (χ4n) is 3.94. The van der Waals surface area contributed by atoms with Gasteiger partial charge in [-0.25, -0.2) is 9.97 Å². The molecule has 0 aromatic carbocycles. The highest BCUT2D eigenvalue weighted by atomic mass is 35.5. The van der Waals surface area contributed by atoms with Crippen molar-refractivity contribution in [3.8, 4) is 21.7 Å². The molecule has 1 fully saturated rings. The minimum Gasteiger partial charge on any atom is -0.381 e. The van der Waals surface area contributed by atoms with E-state index in [2.05, 4.69) is 31.9 Å². The van der Waals surface area contributed by atoms with Crippen molar-refractivity contribution in [1.29, 1.82) is 0 Å². The number of β-amino-alcohol motifs (C(OH)–C–C–N with tert-alkyl or cyclic N) is 1. The maximum absolute atomic E-state index is 11.1. The average Bonchev–Trinajstić information content (AvgIpc) is 3.47. The third-order valence-electron chi connectivity index (χ3n) is 5.55. The number of thiazole rings is 1. The van der Waals surface area contributed by atoms with Gasteiger partial charge in [0, 0.05) is 55.2 Å². The molecule has 2 N–H and O–H groups in total. The number of likely N-dealkylation sites (N-methyl/N-ethyl adjacent to an activating group) is 1. The number of rotatable bonds is 4. The van der Waals surface area contributed by atoms with Crippen molar-refractivity contribution >= 4 is 34.0 Å². The summed E-state index contributed by atoms with van der Waals surface area (Å²) in [4.78, 5) is 15.5. The zero-order valence-corrected chi connectivity index (χ0v) is 17.8. The molecule has 0 radical (unpaired) electrons. The van der Waals surface area contributed by atoms with E-state index in [0.717, 1.165) is 50.8 Å². The van der Waals surface area contributed by atoms with E-state index in [1.807, 2.05) is 31.7 Å². The summed E-state index contributed by atoms with van der Waals surface area (Å²) in [6.45, 7) is 4.54. The number of H-pyrrole nitrogens is 1. The Labute approximate surface area is 177 Å². The maximum Gasteiger partial charge on any atom is 0.138 e. The van der Waals surface area contributed by atoms with Crippen molar-refractivity contribution in [3.63, 3.8) is 0 Å². The van der Waals surface area contributed by atoms with E-state index in [1.54, 1.807) is 10.9 Å². The van der Waals surface area contributed by atoms with Gasteiger partial charge in [-0.05, 0) is 19.0 Å². The van der Waals surface area contributed by atoms with E-state index >= 15 is 0 Å². The number of nitrogens with zero attached hydrogens (tertiary/aromatic N) is 5. The first kappa shape index (κ1) is 18.7. The van der Waals surface area contributed by atoms with Crippen LogP contribution in [0.25, 0.3) is 32.7 Å². The molecule has 1 aliphatic rings. The third kappa shape index (κ3) is 3.16. The van der Waals surface area contributed by atoms with E-state index in [1.165, 1.54) is 11.3 Å². The zero-order valence-electron chi connectivity index (χ0n) is 16.2. The molecule has 4 aromatic rings. The molecule has 1 saturated heterocycles. The highest BCUT2D eigenvalue weighted by molar-refractivity contribution is 7.15. The topological polar surface area (TPSA) is 82.9 Å². The number of pyridine rings is 1. The van der Waals surface area contributed by atoms with E-state index in [4.69, 9.17) is 11.6 Å². The Balaban J connectivity index is 1.58. The Morgan fingerprint density at radius 2 is 2.17 bits per heavy atom. The molecule has 29 heavy (non-hydrogen) atoms. The summed E-state index contributed by atoms with van der Waals surface area (Å²) < 4.78 is 1.76. The lowest BCUT2D eigenvalue weighted by atomic mass is 10.1. The molecular weight excluding hydrogens is 408 g/mol. The van der Waals surface area contributed by atoms with Crippen molar-refractivity contribution in [2.75, 3.05) is 19.6 Å². The van der Waals surface area contributed by atoms with Gasteiger partial charge in [0.15, 0.2) is 0 Å². The van der Waals surface area contributed by atoms with E-state index < -0.39 is 5.60 Å². The number of hydrogen-bond donors (Lipinski definition) is 2. The van der Waals surface area contributed by atoms with Crippen molar-refractivity contribution in [3.05, 3.63) is 40.9 Å². The lowest BCUT2D eigenvalue weighted by Crippen LogP contribution is -2.30. The first-order valence-corrected chi connectivity index (χ1v) is 10.7. The van der Waals surface area contributed by atoms with E-state index in [9.17, 15) is 5.11 Å². The predicted molar refractivity (Wildman–Crippen MR) is 115 cm³/mol. The molecule has 0 saturated carbocycles. The molecule has 0 amide bonds. The van der Waals surface area contributed by atoms with Crippen LogP contribution in [0.2, 0.25) is 5.02 Å². The number of aryl methyl sites for hydroxylation is 1. The summed E-state index contributed by atoms with van der Waals surface area (Å²) in [7, 11) is 1.89. The van der Waals surface area contributed by atoms with Gasteiger partial charge < -0.3 is 15.0 Å². The van der Waals surface area contributed by atoms with Crippen LogP contribution >= 0.6 is 22.9 Å². The number of hydrogen-bond acceptors (Lipinski definition) is 6. The Bertz CT molecular complexity index is 1200. The summed E-state index contributed by atoms with van der Waals surface area (Å²) in [5.41, 5.74) is 2.67. The van der Waals surface area contributed by atoms with Crippen LogP contribution in [0, 0.1) is 0 Å². The number of likely N-dealkylation sites (tertiary alicyclic amines) is 1.